The van der Waals surface area contributed by atoms with Crippen LogP contribution < -0.4 is 12.4 Å². The fourth-order valence-corrected chi connectivity index (χ4v) is 0.830. The molecule has 82 valence electrons. The van der Waals surface area contributed by atoms with Gasteiger partial charge < -0.3 is 21.6 Å². The minimum absolute atomic E-state index is 0. The van der Waals surface area contributed by atoms with Gasteiger partial charge in [0, 0.05) is 6.92 Å². The van der Waals surface area contributed by atoms with E-state index >= 15 is 0 Å². The summed E-state index contributed by atoms with van der Waals surface area (Å²) in [5.74, 6) is 0. The standard InChI is InChI=1S/C10H24NO.ClH/c1-6-7-8-9-12-10(2)11(3,4)5;/h10H,6-9H2,1-5H3;1H/q+1;/p-1. The van der Waals surface area contributed by atoms with Crippen LogP contribution in [-0.2, 0) is 4.74 Å². The van der Waals surface area contributed by atoms with Crippen LogP contribution in [0.15, 0.2) is 0 Å². The SMILES string of the molecule is CCCCCOC(C)[N+](C)(C)C.[Cl-]. The average Bonchev–Trinajstić information content (AvgIpc) is 1.96. The molecule has 0 bridgehead atoms. The molecule has 2 nitrogen and oxygen atoms in total. The lowest BCUT2D eigenvalue weighted by atomic mass is 10.3. The number of quaternary nitrogens is 1. The number of hydrogen-bond acceptors (Lipinski definition) is 1. The Hall–Kier alpha value is 0.210. The van der Waals surface area contributed by atoms with Gasteiger partial charge in [-0.15, -0.1) is 0 Å². The third-order valence-electron chi connectivity index (χ3n) is 2.20. The van der Waals surface area contributed by atoms with Gasteiger partial charge in [-0.1, -0.05) is 19.8 Å². The first-order valence-corrected chi connectivity index (χ1v) is 4.91. The Morgan fingerprint density at radius 2 is 1.69 bits per heavy atom. The summed E-state index contributed by atoms with van der Waals surface area (Å²) in [6, 6.07) is 0. The number of halogens is 1. The van der Waals surface area contributed by atoms with E-state index in [1.165, 1.54) is 19.3 Å². The summed E-state index contributed by atoms with van der Waals surface area (Å²) in [5.41, 5.74) is 0. The van der Waals surface area contributed by atoms with Crippen molar-refractivity contribution in [2.24, 2.45) is 0 Å². The molecule has 13 heavy (non-hydrogen) atoms. The fourth-order valence-electron chi connectivity index (χ4n) is 0.830. The molecule has 0 aliphatic carbocycles. The molecule has 0 aromatic rings. The van der Waals surface area contributed by atoms with Gasteiger partial charge in [-0.2, -0.15) is 0 Å². The van der Waals surface area contributed by atoms with Crippen LogP contribution in [0.25, 0.3) is 0 Å². The number of ether oxygens (including phenoxy) is 1. The normalized spacial score (nSPS) is 13.6. The Morgan fingerprint density at radius 3 is 2.08 bits per heavy atom. The Bertz CT molecular complexity index is 112. The zero-order valence-corrected chi connectivity index (χ0v) is 10.4. The van der Waals surface area contributed by atoms with Gasteiger partial charge in [-0.05, 0) is 6.42 Å². The summed E-state index contributed by atoms with van der Waals surface area (Å²) < 4.78 is 6.56. The smallest absolute Gasteiger partial charge is 0.189 e. The van der Waals surface area contributed by atoms with E-state index in [1.807, 2.05) is 0 Å². The maximum atomic E-state index is 5.68. The molecule has 0 rings (SSSR count). The second-order valence-corrected chi connectivity index (χ2v) is 4.29. The van der Waals surface area contributed by atoms with Gasteiger partial charge in [-0.25, -0.2) is 0 Å². The van der Waals surface area contributed by atoms with Gasteiger partial charge in [0.05, 0.1) is 27.7 Å². The van der Waals surface area contributed by atoms with Gasteiger partial charge in [-0.3, -0.25) is 0 Å². The molecular formula is C10H24ClNO. The van der Waals surface area contributed by atoms with Gasteiger partial charge in [0.15, 0.2) is 6.23 Å². The van der Waals surface area contributed by atoms with Crippen LogP contribution in [-0.4, -0.2) is 38.5 Å². The summed E-state index contributed by atoms with van der Waals surface area (Å²) in [7, 11) is 6.47. The highest BCUT2D eigenvalue weighted by molar-refractivity contribution is 4.37. The van der Waals surface area contributed by atoms with Crippen molar-refractivity contribution in [1.29, 1.82) is 0 Å². The predicted molar refractivity (Wildman–Crippen MR) is 53.0 cm³/mol. The van der Waals surface area contributed by atoms with E-state index in [9.17, 15) is 0 Å². The monoisotopic (exact) mass is 209 g/mol. The van der Waals surface area contributed by atoms with Crippen molar-refractivity contribution in [3.05, 3.63) is 0 Å². The van der Waals surface area contributed by atoms with Crippen LogP contribution in [0.2, 0.25) is 0 Å². The largest absolute Gasteiger partial charge is 1.00 e. The van der Waals surface area contributed by atoms with Gasteiger partial charge >= 0.3 is 0 Å². The van der Waals surface area contributed by atoms with Crippen molar-refractivity contribution < 1.29 is 21.6 Å². The molecule has 0 spiro atoms. The number of rotatable bonds is 6. The molecule has 0 amide bonds. The first-order valence-electron chi connectivity index (χ1n) is 4.91. The second kappa shape index (κ2) is 7.60. The molecule has 0 heterocycles. The lowest BCUT2D eigenvalue weighted by molar-refractivity contribution is -0.917. The van der Waals surface area contributed by atoms with Gasteiger partial charge in [0.2, 0.25) is 0 Å². The molecule has 0 radical (unpaired) electrons. The maximum Gasteiger partial charge on any atom is 0.189 e. The third kappa shape index (κ3) is 8.54. The molecule has 1 unspecified atom stereocenters. The summed E-state index contributed by atoms with van der Waals surface area (Å²) in [5, 5.41) is 0. The van der Waals surface area contributed by atoms with E-state index in [1.54, 1.807) is 0 Å². The van der Waals surface area contributed by atoms with Crippen LogP contribution >= 0.6 is 0 Å². The zero-order valence-electron chi connectivity index (χ0n) is 9.64. The highest BCUT2D eigenvalue weighted by Crippen LogP contribution is 2.05. The summed E-state index contributed by atoms with van der Waals surface area (Å²) in [4.78, 5) is 0. The molecule has 0 saturated heterocycles. The molecule has 0 aromatic carbocycles. The van der Waals surface area contributed by atoms with E-state index in [0.717, 1.165) is 11.1 Å². The molecule has 0 saturated carbocycles. The fraction of sp³-hybridized carbons (Fsp3) is 1.00. The molecule has 0 fully saturated rings. The number of unbranched alkanes of at least 4 members (excludes halogenated alkanes) is 2. The van der Waals surface area contributed by atoms with E-state index < -0.39 is 0 Å². The highest BCUT2D eigenvalue weighted by atomic mass is 35.5. The van der Waals surface area contributed by atoms with Gasteiger partial charge in [0.1, 0.15) is 0 Å². The quantitative estimate of drug-likeness (QED) is 0.318. The molecule has 0 N–H and O–H groups in total. The average molecular weight is 210 g/mol. The molecule has 0 aliphatic heterocycles. The third-order valence-corrected chi connectivity index (χ3v) is 2.20. The molecule has 0 aliphatic rings. The van der Waals surface area contributed by atoms with E-state index in [0.29, 0.717) is 6.23 Å². The first-order chi connectivity index (χ1) is 5.48. The zero-order chi connectivity index (χ0) is 9.61. The van der Waals surface area contributed by atoms with E-state index in [4.69, 9.17) is 4.74 Å². The van der Waals surface area contributed by atoms with Crippen molar-refractivity contribution in [2.75, 3.05) is 27.7 Å². The molecular weight excluding hydrogens is 186 g/mol. The summed E-state index contributed by atoms with van der Waals surface area (Å²) >= 11 is 0. The van der Waals surface area contributed by atoms with Crippen LogP contribution in [0.1, 0.15) is 33.1 Å². The van der Waals surface area contributed by atoms with Crippen LogP contribution in [0.4, 0.5) is 0 Å². The van der Waals surface area contributed by atoms with Crippen LogP contribution in [0.3, 0.4) is 0 Å². The Balaban J connectivity index is 0. The summed E-state index contributed by atoms with van der Waals surface area (Å²) in [6.45, 7) is 5.25. The minimum atomic E-state index is 0. The lowest BCUT2D eigenvalue weighted by Crippen LogP contribution is -3.00. The maximum absolute atomic E-state index is 5.68. The number of nitrogens with zero attached hydrogens (tertiary/aromatic N) is 1. The van der Waals surface area contributed by atoms with Crippen molar-refractivity contribution in [2.45, 2.75) is 39.3 Å². The van der Waals surface area contributed by atoms with Crippen molar-refractivity contribution in [3.8, 4) is 0 Å². The molecule has 0 aromatic heterocycles. The van der Waals surface area contributed by atoms with Crippen molar-refractivity contribution >= 4 is 0 Å². The first kappa shape index (κ1) is 15.7. The number of hydrogen-bond donors (Lipinski definition) is 0. The highest BCUT2D eigenvalue weighted by Gasteiger charge is 2.17. The van der Waals surface area contributed by atoms with Crippen LogP contribution in [0.5, 0.6) is 0 Å². The van der Waals surface area contributed by atoms with Crippen molar-refractivity contribution in [3.63, 3.8) is 0 Å². The molecule has 1 atom stereocenters. The molecule has 3 heteroatoms. The topological polar surface area (TPSA) is 9.23 Å². The van der Waals surface area contributed by atoms with Gasteiger partial charge in [0.25, 0.3) is 0 Å². The van der Waals surface area contributed by atoms with E-state index in [2.05, 4.69) is 35.0 Å². The Labute approximate surface area is 89.3 Å². The van der Waals surface area contributed by atoms with E-state index in [-0.39, 0.29) is 12.4 Å². The van der Waals surface area contributed by atoms with Crippen molar-refractivity contribution in [1.82, 2.24) is 0 Å². The second-order valence-electron chi connectivity index (χ2n) is 4.29. The minimum Gasteiger partial charge on any atom is -1.00 e. The Morgan fingerprint density at radius 1 is 1.15 bits per heavy atom. The predicted octanol–water partition coefficient (Wildman–Crippen LogP) is -0.751. The lowest BCUT2D eigenvalue weighted by Gasteiger charge is -2.31. The van der Waals surface area contributed by atoms with Crippen LogP contribution in [0, 0.1) is 0 Å². The Kier molecular flexibility index (Phi) is 9.16. The summed E-state index contributed by atoms with van der Waals surface area (Å²) in [6.07, 6.45) is 4.05.